The summed E-state index contributed by atoms with van der Waals surface area (Å²) in [4.78, 5) is 28.8. The molecule has 0 spiro atoms. The van der Waals surface area contributed by atoms with Crippen LogP contribution < -0.4 is 0 Å². The van der Waals surface area contributed by atoms with E-state index >= 15 is 0 Å². The normalized spacial score (nSPS) is 21.3. The lowest BCUT2D eigenvalue weighted by atomic mass is 9.96. The van der Waals surface area contributed by atoms with Gasteiger partial charge in [-0.3, -0.25) is 4.79 Å². The molecule has 1 aromatic heterocycles. The Morgan fingerprint density at radius 2 is 1.71 bits per heavy atom. The van der Waals surface area contributed by atoms with Gasteiger partial charge in [-0.05, 0) is 47.5 Å². The van der Waals surface area contributed by atoms with E-state index in [1.54, 1.807) is 23.6 Å². The number of hydrogen-bond acceptors (Lipinski definition) is 7. The van der Waals surface area contributed by atoms with Gasteiger partial charge in [0, 0.05) is 39.3 Å². The summed E-state index contributed by atoms with van der Waals surface area (Å²) in [6.07, 6.45) is 1.03. The van der Waals surface area contributed by atoms with Crippen molar-refractivity contribution >= 4 is 22.0 Å². The van der Waals surface area contributed by atoms with Gasteiger partial charge in [-0.1, -0.05) is 5.16 Å². The van der Waals surface area contributed by atoms with Crippen molar-refractivity contribution in [3.63, 3.8) is 0 Å². The minimum Gasteiger partial charge on any atom is -0.444 e. The smallest absolute Gasteiger partial charge is 0.410 e. The molecule has 2 fully saturated rings. The van der Waals surface area contributed by atoms with Crippen molar-refractivity contribution in [2.24, 2.45) is 5.92 Å². The average Bonchev–Trinajstić information content (AvgIpc) is 3.05. The van der Waals surface area contributed by atoms with Crippen molar-refractivity contribution in [3.05, 3.63) is 11.5 Å². The summed E-state index contributed by atoms with van der Waals surface area (Å²) < 4.78 is 37.7. The molecule has 1 atom stereocenters. The van der Waals surface area contributed by atoms with Crippen molar-refractivity contribution < 1.29 is 27.3 Å². The van der Waals surface area contributed by atoms with E-state index in [1.807, 2.05) is 20.8 Å². The van der Waals surface area contributed by atoms with Crippen LogP contribution in [0, 0.1) is 19.8 Å². The molecule has 0 radical (unpaired) electrons. The first-order valence-corrected chi connectivity index (χ1v) is 12.0. The van der Waals surface area contributed by atoms with Crippen LogP contribution in [0.1, 0.15) is 45.1 Å². The fraction of sp³-hybridized carbons (Fsp3) is 0.750. The summed E-state index contributed by atoms with van der Waals surface area (Å²) in [6.45, 7) is 10.5. The molecular formula is C20H32N4O6S. The van der Waals surface area contributed by atoms with E-state index in [1.165, 1.54) is 4.31 Å². The van der Waals surface area contributed by atoms with Crippen LogP contribution in [-0.4, -0.2) is 84.5 Å². The molecule has 3 rings (SSSR count). The van der Waals surface area contributed by atoms with Crippen molar-refractivity contribution in [1.29, 1.82) is 0 Å². The lowest BCUT2D eigenvalue weighted by Gasteiger charge is -2.38. The van der Waals surface area contributed by atoms with Crippen LogP contribution in [0.25, 0.3) is 0 Å². The molecule has 2 aliphatic rings. The zero-order valence-electron chi connectivity index (χ0n) is 18.9. The fourth-order valence-electron chi connectivity index (χ4n) is 4.05. The molecule has 0 aromatic carbocycles. The first kappa shape index (κ1) is 23.5. The van der Waals surface area contributed by atoms with Gasteiger partial charge >= 0.3 is 6.09 Å². The maximum absolute atomic E-state index is 13.1. The first-order valence-electron chi connectivity index (χ1n) is 10.6. The molecule has 3 heterocycles. The van der Waals surface area contributed by atoms with Crippen LogP contribution >= 0.6 is 0 Å². The number of aryl methyl sites for hydroxylation is 2. The summed E-state index contributed by atoms with van der Waals surface area (Å²) in [5, 5.41) is 3.74. The molecule has 174 valence electrons. The second-order valence-corrected chi connectivity index (χ2v) is 11.0. The Morgan fingerprint density at radius 1 is 1.06 bits per heavy atom. The molecular weight excluding hydrogens is 424 g/mol. The van der Waals surface area contributed by atoms with Gasteiger partial charge in [-0.25, -0.2) is 13.2 Å². The van der Waals surface area contributed by atoms with Gasteiger partial charge in [0.1, 0.15) is 16.2 Å². The maximum Gasteiger partial charge on any atom is 0.410 e. The Bertz CT molecular complexity index is 908. The fourth-order valence-corrected chi connectivity index (χ4v) is 5.76. The lowest BCUT2D eigenvalue weighted by molar-refractivity contribution is -0.138. The standard InChI is InChI=1S/C20H32N4O6S/c1-14-17(15(2)30-21-14)31(27,28)24-11-9-22(10-12-24)18(25)16-7-6-8-23(13-16)19(26)29-20(3,4)5/h16H,6-13H2,1-5H3/t16-/m1/s1. The number of piperidine rings is 1. The molecule has 0 unspecified atom stereocenters. The highest BCUT2D eigenvalue weighted by Gasteiger charge is 2.37. The zero-order valence-corrected chi connectivity index (χ0v) is 19.7. The van der Waals surface area contributed by atoms with E-state index < -0.39 is 21.7 Å². The minimum atomic E-state index is -3.72. The molecule has 0 saturated carbocycles. The molecule has 2 amide bonds. The quantitative estimate of drug-likeness (QED) is 0.681. The monoisotopic (exact) mass is 456 g/mol. The summed E-state index contributed by atoms with van der Waals surface area (Å²) in [6, 6.07) is 0. The molecule has 0 bridgehead atoms. The Balaban J connectivity index is 1.59. The Labute approximate surface area is 183 Å². The van der Waals surface area contributed by atoms with Gasteiger partial charge < -0.3 is 19.1 Å². The third-order valence-electron chi connectivity index (χ3n) is 5.54. The third kappa shape index (κ3) is 5.20. The number of rotatable bonds is 3. The predicted molar refractivity (Wildman–Crippen MR) is 112 cm³/mol. The number of likely N-dealkylation sites (tertiary alicyclic amines) is 1. The number of hydrogen-bond donors (Lipinski definition) is 0. The number of carbonyl (C=O) groups is 2. The zero-order chi connectivity index (χ0) is 23.0. The largest absolute Gasteiger partial charge is 0.444 e. The van der Waals surface area contributed by atoms with Crippen LogP contribution in [0.3, 0.4) is 0 Å². The van der Waals surface area contributed by atoms with Crippen LogP contribution in [0.5, 0.6) is 0 Å². The molecule has 1 aromatic rings. The van der Waals surface area contributed by atoms with Crippen molar-refractivity contribution in [3.8, 4) is 0 Å². The Morgan fingerprint density at radius 3 is 2.26 bits per heavy atom. The number of sulfonamides is 1. The van der Waals surface area contributed by atoms with E-state index in [2.05, 4.69) is 5.16 Å². The van der Waals surface area contributed by atoms with Crippen LogP contribution in [-0.2, 0) is 19.6 Å². The summed E-state index contributed by atoms with van der Waals surface area (Å²) in [5.74, 6) is -0.0740. The summed E-state index contributed by atoms with van der Waals surface area (Å²) in [5.41, 5.74) is -0.252. The number of carbonyl (C=O) groups excluding carboxylic acids is 2. The van der Waals surface area contributed by atoms with Crippen molar-refractivity contribution in [2.45, 2.75) is 58.0 Å². The van der Waals surface area contributed by atoms with Crippen LogP contribution in [0.2, 0.25) is 0 Å². The topological polar surface area (TPSA) is 113 Å². The minimum absolute atomic E-state index is 0.0392. The average molecular weight is 457 g/mol. The second kappa shape index (κ2) is 8.78. The lowest BCUT2D eigenvalue weighted by Crippen LogP contribution is -2.54. The summed E-state index contributed by atoms with van der Waals surface area (Å²) >= 11 is 0. The van der Waals surface area contributed by atoms with Gasteiger partial charge in [0.15, 0.2) is 5.76 Å². The van der Waals surface area contributed by atoms with E-state index in [9.17, 15) is 18.0 Å². The molecule has 11 heteroatoms. The van der Waals surface area contributed by atoms with E-state index in [0.717, 1.165) is 6.42 Å². The van der Waals surface area contributed by atoms with E-state index in [4.69, 9.17) is 9.26 Å². The second-order valence-electron chi connectivity index (χ2n) is 9.15. The van der Waals surface area contributed by atoms with Gasteiger partial charge in [0.05, 0.1) is 5.92 Å². The third-order valence-corrected chi connectivity index (χ3v) is 7.68. The van der Waals surface area contributed by atoms with Crippen LogP contribution in [0.15, 0.2) is 9.42 Å². The Kier molecular flexibility index (Phi) is 6.66. The highest BCUT2D eigenvalue weighted by Crippen LogP contribution is 2.26. The van der Waals surface area contributed by atoms with Crippen molar-refractivity contribution in [1.82, 2.24) is 19.3 Å². The van der Waals surface area contributed by atoms with Gasteiger partial charge in [-0.15, -0.1) is 0 Å². The number of amides is 2. The highest BCUT2D eigenvalue weighted by molar-refractivity contribution is 7.89. The molecule has 2 saturated heterocycles. The molecule has 10 nitrogen and oxygen atoms in total. The van der Waals surface area contributed by atoms with E-state index in [0.29, 0.717) is 38.3 Å². The van der Waals surface area contributed by atoms with Crippen molar-refractivity contribution in [2.75, 3.05) is 39.3 Å². The van der Waals surface area contributed by atoms with Crippen LogP contribution in [0.4, 0.5) is 4.79 Å². The first-order chi connectivity index (χ1) is 14.4. The number of aromatic nitrogens is 1. The molecule has 0 aliphatic carbocycles. The number of ether oxygens (including phenoxy) is 1. The molecule has 2 aliphatic heterocycles. The number of nitrogens with zero attached hydrogens (tertiary/aromatic N) is 4. The summed E-state index contributed by atoms with van der Waals surface area (Å²) in [7, 11) is -3.72. The van der Waals surface area contributed by atoms with E-state index in [-0.39, 0.29) is 35.6 Å². The predicted octanol–water partition coefficient (Wildman–Crippen LogP) is 1.77. The maximum atomic E-state index is 13.1. The molecule has 0 N–H and O–H groups in total. The molecule has 31 heavy (non-hydrogen) atoms. The number of piperazine rings is 1. The Hall–Kier alpha value is -2.14. The van der Waals surface area contributed by atoms with Gasteiger partial charge in [0.2, 0.25) is 15.9 Å². The SMILES string of the molecule is Cc1noc(C)c1S(=O)(=O)N1CCN(C(=O)[C@@H]2CCCN(C(=O)OC(C)(C)C)C2)CC1. The van der Waals surface area contributed by atoms with Gasteiger partial charge in [0.25, 0.3) is 0 Å². The van der Waals surface area contributed by atoms with Gasteiger partial charge in [-0.2, -0.15) is 4.31 Å². The highest BCUT2D eigenvalue weighted by atomic mass is 32.2.